The first-order chi connectivity index (χ1) is 6.26. The maximum Gasteiger partial charge on any atom is 0.214 e. The van der Waals surface area contributed by atoms with Crippen LogP contribution in [0.1, 0.15) is 0 Å². The van der Waals surface area contributed by atoms with Crippen LogP contribution in [0.4, 0.5) is 0 Å². The molecule has 1 rings (SSSR count). The van der Waals surface area contributed by atoms with Crippen LogP contribution >= 0.6 is 11.6 Å². The molecule has 1 fully saturated rings. The topological polar surface area (TPSA) is 37.1 Å². The molecule has 1 saturated heterocycles. The minimum Gasteiger partial charge on any atom is -0.212 e. The molecular weight excluding hydrogens is 238 g/mol. The predicted octanol–water partition coefficient (Wildman–Crippen LogP) is 1.58. The molecule has 0 spiro atoms. The lowest BCUT2D eigenvalue weighted by atomic mass is 10.6. The molecule has 0 radical (unpaired) electrons. The van der Waals surface area contributed by atoms with Crippen LogP contribution in [0.3, 0.4) is 0 Å². The van der Waals surface area contributed by atoms with E-state index in [9.17, 15) is 8.42 Å². The molecule has 0 aromatic heterocycles. The quantitative estimate of drug-likeness (QED) is 0.425. The van der Waals surface area contributed by atoms with Crippen LogP contribution in [-0.4, -0.2) is 45.0 Å². The van der Waals surface area contributed by atoms with E-state index in [-0.39, 0.29) is 6.04 Å². The Morgan fingerprint density at radius 1 is 1.43 bits per heavy atom. The van der Waals surface area contributed by atoms with Gasteiger partial charge in [-0.2, -0.15) is 4.31 Å². The fourth-order valence-electron chi connectivity index (χ4n) is 1.18. The van der Waals surface area contributed by atoms with Crippen molar-refractivity contribution in [3.8, 4) is 0 Å². The number of rotatable bonds is 5. The van der Waals surface area contributed by atoms with Gasteiger partial charge in [0.25, 0.3) is 0 Å². The van der Waals surface area contributed by atoms with E-state index in [1.165, 1.54) is 4.31 Å². The van der Waals surface area contributed by atoms with E-state index in [0.717, 1.165) is 6.04 Å². The van der Waals surface area contributed by atoms with E-state index in [2.05, 4.69) is 19.6 Å². The van der Waals surface area contributed by atoms with Crippen LogP contribution in [0.2, 0.25) is 25.7 Å². The van der Waals surface area contributed by atoms with Gasteiger partial charge < -0.3 is 0 Å². The summed E-state index contributed by atoms with van der Waals surface area (Å²) >= 11 is 5.59. The lowest BCUT2D eigenvalue weighted by molar-refractivity contribution is 0.557. The second-order valence-corrected chi connectivity index (χ2v) is 13.0. The summed E-state index contributed by atoms with van der Waals surface area (Å²) in [6.45, 7) is 7.18. The van der Waals surface area contributed by atoms with Gasteiger partial charge in [0.1, 0.15) is 0 Å². The van der Waals surface area contributed by atoms with E-state index >= 15 is 0 Å². The number of hydrogen-bond donors (Lipinski definition) is 0. The standard InChI is InChI=1S/C8H18ClNO2SSi/c1-14(2,3)5-4-13(11,12)10-7-8(10)6-9/h8H,4-7H2,1-3H3/t8-,10?/m1/s1. The van der Waals surface area contributed by atoms with Gasteiger partial charge in [-0.05, 0) is 6.04 Å². The lowest BCUT2D eigenvalue weighted by Gasteiger charge is -2.15. The fraction of sp³-hybridized carbons (Fsp3) is 1.00. The number of nitrogens with zero attached hydrogens (tertiary/aromatic N) is 1. The zero-order chi connectivity index (χ0) is 11.0. The summed E-state index contributed by atoms with van der Waals surface area (Å²) in [5.74, 6) is 0.724. The molecule has 0 amide bonds. The molecule has 84 valence electrons. The Morgan fingerprint density at radius 3 is 2.36 bits per heavy atom. The summed E-state index contributed by atoms with van der Waals surface area (Å²) in [5, 5.41) is 0. The second kappa shape index (κ2) is 4.12. The summed E-state index contributed by atoms with van der Waals surface area (Å²) in [6, 6.07) is 0.907. The summed E-state index contributed by atoms with van der Waals surface area (Å²) in [7, 11) is -4.25. The van der Waals surface area contributed by atoms with Gasteiger partial charge in [0.2, 0.25) is 10.0 Å². The van der Waals surface area contributed by atoms with Gasteiger partial charge in [0.05, 0.1) is 11.8 Å². The van der Waals surface area contributed by atoms with Gasteiger partial charge >= 0.3 is 0 Å². The first-order valence-electron chi connectivity index (χ1n) is 4.82. The molecule has 1 aliphatic rings. The molecular formula is C8H18ClNO2SSi. The van der Waals surface area contributed by atoms with Crippen molar-refractivity contribution in [2.45, 2.75) is 31.7 Å². The highest BCUT2D eigenvalue weighted by Crippen LogP contribution is 2.25. The molecule has 1 heterocycles. The molecule has 14 heavy (non-hydrogen) atoms. The predicted molar refractivity (Wildman–Crippen MR) is 63.2 cm³/mol. The molecule has 2 atom stereocenters. The smallest absolute Gasteiger partial charge is 0.212 e. The van der Waals surface area contributed by atoms with Gasteiger partial charge in [-0.25, -0.2) is 8.42 Å². The highest BCUT2D eigenvalue weighted by molar-refractivity contribution is 7.89. The molecule has 0 aromatic carbocycles. The van der Waals surface area contributed by atoms with Crippen molar-refractivity contribution >= 4 is 29.7 Å². The van der Waals surface area contributed by atoms with Crippen LogP contribution in [0.5, 0.6) is 0 Å². The normalized spacial score (nSPS) is 27.7. The van der Waals surface area contributed by atoms with Gasteiger partial charge in [-0.3, -0.25) is 0 Å². The van der Waals surface area contributed by atoms with Crippen LogP contribution < -0.4 is 0 Å². The number of halogens is 1. The summed E-state index contributed by atoms with van der Waals surface area (Å²) in [6.07, 6.45) is 0. The molecule has 0 N–H and O–H groups in total. The Hall–Kier alpha value is 0.417. The first kappa shape index (κ1) is 12.5. The van der Waals surface area contributed by atoms with Gasteiger partial charge in [-0.1, -0.05) is 19.6 Å². The third-order valence-electron chi connectivity index (χ3n) is 2.31. The van der Waals surface area contributed by atoms with Gasteiger partial charge in [0.15, 0.2) is 0 Å². The molecule has 6 heteroatoms. The van der Waals surface area contributed by atoms with Crippen LogP contribution in [0.15, 0.2) is 0 Å². The monoisotopic (exact) mass is 255 g/mol. The highest BCUT2D eigenvalue weighted by atomic mass is 35.5. The average Bonchev–Trinajstić information content (AvgIpc) is 2.78. The first-order valence-corrected chi connectivity index (χ1v) is 10.7. The molecule has 0 aliphatic carbocycles. The van der Waals surface area contributed by atoms with Crippen molar-refractivity contribution in [3.63, 3.8) is 0 Å². The van der Waals surface area contributed by atoms with Crippen molar-refractivity contribution in [3.05, 3.63) is 0 Å². The third kappa shape index (κ3) is 3.53. The maximum absolute atomic E-state index is 11.7. The molecule has 0 saturated carbocycles. The Morgan fingerprint density at radius 2 is 2.00 bits per heavy atom. The largest absolute Gasteiger partial charge is 0.214 e. The van der Waals surface area contributed by atoms with Crippen molar-refractivity contribution in [2.24, 2.45) is 0 Å². The maximum atomic E-state index is 11.7. The van der Waals surface area contributed by atoms with E-state index in [1.54, 1.807) is 0 Å². The lowest BCUT2D eigenvalue weighted by Crippen LogP contribution is -2.27. The summed E-state index contributed by atoms with van der Waals surface area (Å²) in [5.41, 5.74) is 0. The van der Waals surface area contributed by atoms with Gasteiger partial charge in [0, 0.05) is 20.5 Å². The minimum atomic E-state index is -3.00. The highest BCUT2D eigenvalue weighted by Gasteiger charge is 2.42. The van der Waals surface area contributed by atoms with Crippen molar-refractivity contribution in [2.75, 3.05) is 18.2 Å². The minimum absolute atomic E-state index is 0.0725. The second-order valence-electron chi connectivity index (χ2n) is 5.00. The SMILES string of the molecule is C[Si](C)(C)CCS(=O)(=O)N1C[C@H]1CCl. The Balaban J connectivity index is 2.45. The van der Waals surface area contributed by atoms with Crippen LogP contribution in [-0.2, 0) is 10.0 Å². The van der Waals surface area contributed by atoms with E-state index in [1.807, 2.05) is 0 Å². The molecule has 0 bridgehead atoms. The van der Waals surface area contributed by atoms with Crippen LogP contribution in [0.25, 0.3) is 0 Å². The zero-order valence-electron chi connectivity index (χ0n) is 8.96. The third-order valence-corrected chi connectivity index (χ3v) is 6.66. The molecule has 0 aromatic rings. The number of sulfonamides is 1. The van der Waals surface area contributed by atoms with Crippen molar-refractivity contribution in [1.82, 2.24) is 4.31 Å². The number of hydrogen-bond acceptors (Lipinski definition) is 2. The Bertz CT molecular complexity index is 299. The zero-order valence-corrected chi connectivity index (χ0v) is 11.5. The number of alkyl halides is 1. The van der Waals surface area contributed by atoms with E-state index in [4.69, 9.17) is 11.6 Å². The molecule has 1 aliphatic heterocycles. The Kier molecular flexibility index (Phi) is 3.67. The molecule has 1 unspecified atom stereocenters. The van der Waals surface area contributed by atoms with Crippen molar-refractivity contribution < 1.29 is 8.42 Å². The Labute approximate surface area is 92.5 Å². The fourth-order valence-corrected chi connectivity index (χ4v) is 6.17. The van der Waals surface area contributed by atoms with Crippen molar-refractivity contribution in [1.29, 1.82) is 0 Å². The van der Waals surface area contributed by atoms with E-state index < -0.39 is 18.1 Å². The summed E-state index contributed by atoms with van der Waals surface area (Å²) in [4.78, 5) is 0. The van der Waals surface area contributed by atoms with Gasteiger partial charge in [-0.15, -0.1) is 11.6 Å². The summed E-state index contributed by atoms with van der Waals surface area (Å²) < 4.78 is 24.9. The average molecular weight is 256 g/mol. The van der Waals surface area contributed by atoms with Crippen LogP contribution in [0, 0.1) is 0 Å². The van der Waals surface area contributed by atoms with E-state index in [0.29, 0.717) is 18.2 Å². The molecule has 3 nitrogen and oxygen atoms in total.